The molecular formula is C23H24N4O3S. The van der Waals surface area contributed by atoms with Crippen molar-refractivity contribution in [2.45, 2.75) is 36.7 Å². The van der Waals surface area contributed by atoms with Crippen molar-refractivity contribution >= 4 is 21.7 Å². The lowest BCUT2D eigenvalue weighted by molar-refractivity contribution is 0.249. The van der Waals surface area contributed by atoms with E-state index in [9.17, 15) is 13.2 Å². The lowest BCUT2D eigenvalue weighted by Crippen LogP contribution is -2.31. The summed E-state index contributed by atoms with van der Waals surface area (Å²) in [4.78, 5) is 16.5. The number of rotatable bonds is 6. The zero-order valence-corrected chi connectivity index (χ0v) is 17.9. The number of carbonyl (C=O) groups excluding carboxylic acids is 1. The van der Waals surface area contributed by atoms with Crippen LogP contribution < -0.4 is 16.0 Å². The van der Waals surface area contributed by atoms with Crippen LogP contribution in [-0.2, 0) is 28.7 Å². The van der Waals surface area contributed by atoms with Crippen molar-refractivity contribution in [1.82, 2.24) is 15.6 Å². The van der Waals surface area contributed by atoms with Gasteiger partial charge in [-0.3, -0.25) is 5.32 Å². The number of nitrogens with zero attached hydrogens (tertiary/aromatic N) is 1. The molecule has 3 aromatic rings. The number of aromatic nitrogens is 1. The van der Waals surface area contributed by atoms with Gasteiger partial charge in [0, 0.05) is 19.3 Å². The van der Waals surface area contributed by atoms with Crippen molar-refractivity contribution in [1.29, 1.82) is 0 Å². The number of hydrogen-bond acceptors (Lipinski definition) is 5. The predicted octanol–water partition coefficient (Wildman–Crippen LogP) is 3.54. The molecule has 2 amide bonds. The highest BCUT2D eigenvalue weighted by atomic mass is 32.2. The number of hydrogen-bond donors (Lipinski definition) is 3. The molecule has 0 aliphatic carbocycles. The van der Waals surface area contributed by atoms with Crippen LogP contribution in [0.25, 0.3) is 0 Å². The number of benzene rings is 2. The third kappa shape index (κ3) is 5.10. The molecule has 1 aliphatic heterocycles. The van der Waals surface area contributed by atoms with Gasteiger partial charge in [-0.25, -0.2) is 18.2 Å². The molecule has 1 aliphatic rings. The molecule has 160 valence electrons. The summed E-state index contributed by atoms with van der Waals surface area (Å²) in [6, 6.07) is 17.7. The lowest BCUT2D eigenvalue weighted by atomic mass is 10.1. The zero-order chi connectivity index (χ0) is 21.8. The number of anilines is 1. The van der Waals surface area contributed by atoms with Gasteiger partial charge in [-0.1, -0.05) is 48.5 Å². The summed E-state index contributed by atoms with van der Waals surface area (Å²) in [7, 11) is -3.54. The van der Waals surface area contributed by atoms with Crippen LogP contribution in [0.4, 0.5) is 10.6 Å². The Hall–Kier alpha value is -3.23. The topological polar surface area (TPSA) is 100 Å². The predicted molar refractivity (Wildman–Crippen MR) is 119 cm³/mol. The third-order valence-electron chi connectivity index (χ3n) is 5.24. The SMILES string of the molecule is CC(NC(=O)Nc1ccc(S(=O)(=O)Cc2ccc3c(c2)CNC3)cn1)c1ccccc1. The van der Waals surface area contributed by atoms with Crippen LogP contribution >= 0.6 is 0 Å². The Morgan fingerprint density at radius 1 is 1.06 bits per heavy atom. The van der Waals surface area contributed by atoms with Gasteiger partial charge in [0.2, 0.25) is 0 Å². The van der Waals surface area contributed by atoms with Crippen LogP contribution in [0.2, 0.25) is 0 Å². The number of carbonyl (C=O) groups is 1. The molecule has 1 unspecified atom stereocenters. The molecule has 0 spiro atoms. The normalized spacial score (nSPS) is 14.0. The van der Waals surface area contributed by atoms with Gasteiger partial charge in [0.05, 0.1) is 16.7 Å². The van der Waals surface area contributed by atoms with E-state index in [4.69, 9.17) is 0 Å². The Labute approximate surface area is 181 Å². The van der Waals surface area contributed by atoms with Crippen molar-refractivity contribution in [3.63, 3.8) is 0 Å². The van der Waals surface area contributed by atoms with Crippen LogP contribution in [0.15, 0.2) is 71.8 Å². The molecule has 2 aromatic carbocycles. The molecule has 0 fully saturated rings. The van der Waals surface area contributed by atoms with Crippen LogP contribution in [0, 0.1) is 0 Å². The van der Waals surface area contributed by atoms with Crippen LogP contribution in [0.3, 0.4) is 0 Å². The summed E-state index contributed by atoms with van der Waals surface area (Å²) in [6.07, 6.45) is 1.28. The van der Waals surface area contributed by atoms with E-state index in [1.54, 1.807) is 0 Å². The Balaban J connectivity index is 1.38. The van der Waals surface area contributed by atoms with E-state index < -0.39 is 15.9 Å². The molecule has 1 aromatic heterocycles. The Kier molecular flexibility index (Phi) is 6.01. The molecule has 1 atom stereocenters. The molecule has 8 heteroatoms. The van der Waals surface area contributed by atoms with E-state index in [-0.39, 0.29) is 22.5 Å². The summed E-state index contributed by atoms with van der Waals surface area (Å²) >= 11 is 0. The minimum atomic E-state index is -3.54. The number of urea groups is 1. The molecular weight excluding hydrogens is 412 g/mol. The minimum Gasteiger partial charge on any atom is -0.331 e. The van der Waals surface area contributed by atoms with Crippen LogP contribution in [0.5, 0.6) is 0 Å². The first-order chi connectivity index (χ1) is 14.9. The van der Waals surface area contributed by atoms with E-state index in [0.29, 0.717) is 0 Å². The first kappa shape index (κ1) is 21.0. The summed E-state index contributed by atoms with van der Waals surface area (Å²) in [6.45, 7) is 3.46. The number of nitrogens with one attached hydrogen (secondary N) is 3. The monoisotopic (exact) mass is 436 g/mol. The molecule has 0 saturated heterocycles. The maximum Gasteiger partial charge on any atom is 0.320 e. The second kappa shape index (κ2) is 8.87. The quantitative estimate of drug-likeness (QED) is 0.549. The van der Waals surface area contributed by atoms with Crippen molar-refractivity contribution in [2.75, 3.05) is 5.32 Å². The lowest BCUT2D eigenvalue weighted by Gasteiger charge is -2.14. The number of amides is 2. The molecule has 0 radical (unpaired) electrons. The van der Waals surface area contributed by atoms with Gasteiger partial charge in [0.25, 0.3) is 0 Å². The number of pyridine rings is 1. The summed E-state index contributed by atoms with van der Waals surface area (Å²) in [5.41, 5.74) is 4.08. The number of sulfone groups is 1. The first-order valence-electron chi connectivity index (χ1n) is 10.0. The summed E-state index contributed by atoms with van der Waals surface area (Å²) < 4.78 is 25.6. The average molecular weight is 437 g/mol. The van der Waals surface area contributed by atoms with Gasteiger partial charge in [-0.15, -0.1) is 0 Å². The molecule has 31 heavy (non-hydrogen) atoms. The average Bonchev–Trinajstić information content (AvgIpc) is 3.22. The third-order valence-corrected chi connectivity index (χ3v) is 6.92. The fraction of sp³-hybridized carbons (Fsp3) is 0.217. The molecule has 3 N–H and O–H groups in total. The molecule has 0 bridgehead atoms. The smallest absolute Gasteiger partial charge is 0.320 e. The Morgan fingerprint density at radius 3 is 2.58 bits per heavy atom. The highest BCUT2D eigenvalue weighted by Gasteiger charge is 2.18. The Bertz CT molecular complexity index is 1180. The van der Waals surface area contributed by atoms with E-state index >= 15 is 0 Å². The highest BCUT2D eigenvalue weighted by Crippen LogP contribution is 2.22. The number of fused-ring (bicyclic) bond motifs is 1. The molecule has 4 rings (SSSR count). The molecule has 2 heterocycles. The summed E-state index contributed by atoms with van der Waals surface area (Å²) in [5, 5.41) is 8.72. The first-order valence-corrected chi connectivity index (χ1v) is 11.7. The fourth-order valence-corrected chi connectivity index (χ4v) is 4.83. The zero-order valence-electron chi connectivity index (χ0n) is 17.1. The van der Waals surface area contributed by atoms with Crippen LogP contribution in [0.1, 0.15) is 35.2 Å². The minimum absolute atomic E-state index is 0.0934. The maximum absolute atomic E-state index is 12.8. The van der Waals surface area contributed by atoms with Crippen LogP contribution in [-0.4, -0.2) is 19.4 Å². The van der Waals surface area contributed by atoms with E-state index in [0.717, 1.165) is 29.8 Å². The van der Waals surface area contributed by atoms with Gasteiger partial charge < -0.3 is 10.6 Å². The Morgan fingerprint density at radius 2 is 1.84 bits per heavy atom. The van der Waals surface area contributed by atoms with Gasteiger partial charge in [-0.05, 0) is 41.3 Å². The molecule has 7 nitrogen and oxygen atoms in total. The van der Waals surface area contributed by atoms with E-state index in [2.05, 4.69) is 20.9 Å². The van der Waals surface area contributed by atoms with Crippen molar-refractivity contribution < 1.29 is 13.2 Å². The van der Waals surface area contributed by atoms with Gasteiger partial charge >= 0.3 is 6.03 Å². The highest BCUT2D eigenvalue weighted by molar-refractivity contribution is 7.90. The van der Waals surface area contributed by atoms with Crippen molar-refractivity contribution in [3.05, 3.63) is 89.1 Å². The standard InChI is InChI=1S/C23H24N4O3S/c1-16(18-5-3-2-4-6-18)26-23(28)27-22-10-9-21(14-25-22)31(29,30)15-17-7-8-19-12-24-13-20(19)11-17/h2-11,14,16,24H,12-13,15H2,1H3,(H2,25,26,27,28). The largest absolute Gasteiger partial charge is 0.331 e. The van der Waals surface area contributed by atoms with Gasteiger partial charge in [0.15, 0.2) is 9.84 Å². The van der Waals surface area contributed by atoms with Gasteiger partial charge in [-0.2, -0.15) is 0 Å². The molecule has 0 saturated carbocycles. The van der Waals surface area contributed by atoms with Crippen molar-refractivity contribution in [2.24, 2.45) is 0 Å². The van der Waals surface area contributed by atoms with E-state index in [1.165, 1.54) is 23.9 Å². The van der Waals surface area contributed by atoms with Crippen molar-refractivity contribution in [3.8, 4) is 0 Å². The summed E-state index contributed by atoms with van der Waals surface area (Å²) in [5.74, 6) is 0.185. The van der Waals surface area contributed by atoms with Gasteiger partial charge in [0.1, 0.15) is 5.82 Å². The second-order valence-electron chi connectivity index (χ2n) is 7.58. The van der Waals surface area contributed by atoms with E-state index in [1.807, 2.05) is 55.5 Å². The second-order valence-corrected chi connectivity index (χ2v) is 9.57. The fourth-order valence-electron chi connectivity index (χ4n) is 3.55. The maximum atomic E-state index is 12.8.